The Kier molecular flexibility index (Phi) is 4.45. The van der Waals surface area contributed by atoms with Gasteiger partial charge in [0, 0.05) is 25.4 Å². The molecule has 1 heterocycles. The van der Waals surface area contributed by atoms with Crippen molar-refractivity contribution in [2.24, 2.45) is 0 Å². The van der Waals surface area contributed by atoms with E-state index in [1.54, 1.807) is 27.7 Å². The summed E-state index contributed by atoms with van der Waals surface area (Å²) in [7, 11) is 1.24. The molecule has 6 heteroatoms. The van der Waals surface area contributed by atoms with Crippen molar-refractivity contribution in [3.8, 4) is 0 Å². The van der Waals surface area contributed by atoms with Crippen LogP contribution in [0.15, 0.2) is 0 Å². The minimum Gasteiger partial charge on any atom is -0.467 e. The molecule has 6 nitrogen and oxygen atoms in total. The Balaban J connectivity index is 2.70. The Labute approximate surface area is 113 Å². The lowest BCUT2D eigenvalue weighted by molar-refractivity contribution is -0.169. The van der Waals surface area contributed by atoms with Crippen LogP contribution >= 0.6 is 0 Å². The molecule has 0 spiro atoms. The monoisotopic (exact) mass is 273 g/mol. The van der Waals surface area contributed by atoms with Crippen molar-refractivity contribution in [1.82, 2.24) is 4.90 Å². The van der Waals surface area contributed by atoms with Crippen LogP contribution in [0.3, 0.4) is 0 Å². The summed E-state index contributed by atoms with van der Waals surface area (Å²) in [4.78, 5) is 25.0. The standard InChI is InChI=1S/C13H23NO5/c1-9-8-13(17,10(15)18-5)6-7-14(9)11(16)19-12(2,3)4/h9,17H,6-8H2,1-5H3. The van der Waals surface area contributed by atoms with Gasteiger partial charge in [-0.05, 0) is 27.7 Å². The van der Waals surface area contributed by atoms with E-state index in [1.165, 1.54) is 12.0 Å². The Morgan fingerprint density at radius 1 is 1.37 bits per heavy atom. The Bertz CT molecular complexity index is 363. The van der Waals surface area contributed by atoms with Crippen LogP contribution in [0.5, 0.6) is 0 Å². The van der Waals surface area contributed by atoms with E-state index in [2.05, 4.69) is 4.74 Å². The lowest BCUT2D eigenvalue weighted by Crippen LogP contribution is -2.55. The number of nitrogens with zero attached hydrogens (tertiary/aromatic N) is 1. The number of likely N-dealkylation sites (tertiary alicyclic amines) is 1. The number of hydrogen-bond acceptors (Lipinski definition) is 5. The van der Waals surface area contributed by atoms with Crippen molar-refractivity contribution in [3.05, 3.63) is 0 Å². The van der Waals surface area contributed by atoms with Gasteiger partial charge >= 0.3 is 12.1 Å². The number of carbonyl (C=O) groups excluding carboxylic acids is 2. The molecule has 0 aromatic carbocycles. The van der Waals surface area contributed by atoms with E-state index in [0.717, 1.165) is 0 Å². The fourth-order valence-electron chi connectivity index (χ4n) is 2.19. The normalized spacial score (nSPS) is 27.9. The smallest absolute Gasteiger partial charge is 0.410 e. The predicted molar refractivity (Wildman–Crippen MR) is 68.6 cm³/mol. The summed E-state index contributed by atoms with van der Waals surface area (Å²) in [6, 6.07) is -0.285. The van der Waals surface area contributed by atoms with Gasteiger partial charge in [-0.1, -0.05) is 0 Å². The summed E-state index contributed by atoms with van der Waals surface area (Å²) in [6.45, 7) is 7.43. The van der Waals surface area contributed by atoms with Gasteiger partial charge in [0.15, 0.2) is 5.60 Å². The summed E-state index contributed by atoms with van der Waals surface area (Å²) in [5, 5.41) is 10.2. The largest absolute Gasteiger partial charge is 0.467 e. The van der Waals surface area contributed by atoms with Gasteiger partial charge in [-0.15, -0.1) is 0 Å². The second kappa shape index (κ2) is 5.36. The van der Waals surface area contributed by atoms with Crippen LogP contribution in [-0.2, 0) is 14.3 Å². The molecule has 0 aromatic heterocycles. The third-order valence-electron chi connectivity index (χ3n) is 3.12. The van der Waals surface area contributed by atoms with E-state index in [0.29, 0.717) is 0 Å². The zero-order valence-corrected chi connectivity index (χ0v) is 12.2. The number of esters is 1. The highest BCUT2D eigenvalue weighted by Crippen LogP contribution is 2.29. The topological polar surface area (TPSA) is 76.1 Å². The van der Waals surface area contributed by atoms with Gasteiger partial charge in [0.05, 0.1) is 7.11 Å². The van der Waals surface area contributed by atoms with Gasteiger partial charge in [-0.2, -0.15) is 0 Å². The van der Waals surface area contributed by atoms with E-state index < -0.39 is 23.3 Å². The number of ether oxygens (including phenoxy) is 2. The average Bonchev–Trinajstić information content (AvgIpc) is 2.25. The zero-order valence-electron chi connectivity index (χ0n) is 12.2. The first-order valence-electron chi connectivity index (χ1n) is 6.39. The van der Waals surface area contributed by atoms with E-state index in [4.69, 9.17) is 4.74 Å². The molecule has 1 fully saturated rings. The maximum atomic E-state index is 12.0. The zero-order chi connectivity index (χ0) is 14.8. The molecule has 2 atom stereocenters. The number of aliphatic hydroxyl groups is 1. The number of piperidine rings is 1. The highest BCUT2D eigenvalue weighted by atomic mass is 16.6. The predicted octanol–water partition coefficient (Wildman–Crippen LogP) is 1.31. The molecule has 110 valence electrons. The Morgan fingerprint density at radius 2 is 1.95 bits per heavy atom. The van der Waals surface area contributed by atoms with E-state index in [9.17, 15) is 14.7 Å². The quantitative estimate of drug-likeness (QED) is 0.729. The number of hydrogen-bond donors (Lipinski definition) is 1. The SMILES string of the molecule is COC(=O)C1(O)CCN(C(=O)OC(C)(C)C)C(C)C1. The van der Waals surface area contributed by atoms with Crippen LogP contribution in [0, 0.1) is 0 Å². The molecule has 1 rings (SSSR count). The van der Waals surface area contributed by atoms with Crippen LogP contribution in [0.4, 0.5) is 4.79 Å². The molecule has 0 aromatic rings. The maximum Gasteiger partial charge on any atom is 0.410 e. The van der Waals surface area contributed by atoms with Crippen LogP contribution in [0.2, 0.25) is 0 Å². The number of rotatable bonds is 1. The maximum absolute atomic E-state index is 12.0. The summed E-state index contributed by atoms with van der Waals surface area (Å²) in [6.07, 6.45) is -0.116. The second-order valence-electron chi connectivity index (χ2n) is 6.00. The molecule has 19 heavy (non-hydrogen) atoms. The second-order valence-corrected chi connectivity index (χ2v) is 6.00. The van der Waals surface area contributed by atoms with E-state index in [-0.39, 0.29) is 25.4 Å². The summed E-state index contributed by atoms with van der Waals surface area (Å²) >= 11 is 0. The van der Waals surface area contributed by atoms with Crippen molar-refractivity contribution in [1.29, 1.82) is 0 Å². The number of methoxy groups -OCH3 is 1. The first kappa shape index (κ1) is 15.8. The molecule has 1 amide bonds. The number of carbonyl (C=O) groups is 2. The molecular formula is C13H23NO5. The molecule has 0 saturated carbocycles. The van der Waals surface area contributed by atoms with Crippen LogP contribution in [0.25, 0.3) is 0 Å². The lowest BCUT2D eigenvalue weighted by Gasteiger charge is -2.41. The lowest BCUT2D eigenvalue weighted by atomic mass is 9.87. The molecule has 1 aliphatic heterocycles. The van der Waals surface area contributed by atoms with Gasteiger partial charge in [0.1, 0.15) is 5.60 Å². The average molecular weight is 273 g/mol. The third kappa shape index (κ3) is 3.83. The van der Waals surface area contributed by atoms with Crippen LogP contribution in [-0.4, -0.2) is 53.0 Å². The molecule has 2 unspecified atom stereocenters. The minimum atomic E-state index is -1.51. The van der Waals surface area contributed by atoms with Gasteiger partial charge in [-0.25, -0.2) is 9.59 Å². The third-order valence-corrected chi connectivity index (χ3v) is 3.12. The highest BCUT2D eigenvalue weighted by Gasteiger charge is 2.45. The molecular weight excluding hydrogens is 250 g/mol. The van der Waals surface area contributed by atoms with E-state index >= 15 is 0 Å². The summed E-state index contributed by atoms with van der Waals surface area (Å²) in [5.74, 6) is -0.650. The van der Waals surface area contributed by atoms with Gasteiger partial charge in [-0.3, -0.25) is 0 Å². The molecule has 1 N–H and O–H groups in total. The van der Waals surface area contributed by atoms with Crippen LogP contribution < -0.4 is 0 Å². The van der Waals surface area contributed by atoms with Crippen molar-refractivity contribution in [3.63, 3.8) is 0 Å². The van der Waals surface area contributed by atoms with Crippen LogP contribution in [0.1, 0.15) is 40.5 Å². The molecule has 0 aliphatic carbocycles. The molecule has 1 aliphatic rings. The summed E-state index contributed by atoms with van der Waals surface area (Å²) < 4.78 is 9.89. The fraction of sp³-hybridized carbons (Fsp3) is 0.846. The first-order chi connectivity index (χ1) is 8.59. The molecule has 0 bridgehead atoms. The molecule has 1 saturated heterocycles. The van der Waals surface area contributed by atoms with Gasteiger partial charge < -0.3 is 19.5 Å². The number of amides is 1. The van der Waals surface area contributed by atoms with Gasteiger partial charge in [0.2, 0.25) is 0 Å². The van der Waals surface area contributed by atoms with Gasteiger partial charge in [0.25, 0.3) is 0 Å². The van der Waals surface area contributed by atoms with Crippen molar-refractivity contribution in [2.75, 3.05) is 13.7 Å². The molecule has 0 radical (unpaired) electrons. The van der Waals surface area contributed by atoms with Crippen molar-refractivity contribution < 1.29 is 24.2 Å². The Morgan fingerprint density at radius 3 is 2.37 bits per heavy atom. The fourth-order valence-corrected chi connectivity index (χ4v) is 2.19. The minimum absolute atomic E-state index is 0.152. The van der Waals surface area contributed by atoms with E-state index in [1.807, 2.05) is 0 Å². The summed E-state index contributed by atoms with van der Waals surface area (Å²) in [5.41, 5.74) is -2.07. The first-order valence-corrected chi connectivity index (χ1v) is 6.39. The van der Waals surface area contributed by atoms with Crippen molar-refractivity contribution in [2.45, 2.75) is 57.8 Å². The Hall–Kier alpha value is -1.30. The van der Waals surface area contributed by atoms with Crippen molar-refractivity contribution >= 4 is 12.1 Å². The highest BCUT2D eigenvalue weighted by molar-refractivity contribution is 5.80.